The first-order valence-corrected chi connectivity index (χ1v) is 7.21. The van der Waals surface area contributed by atoms with Gasteiger partial charge in [0.25, 0.3) is 5.91 Å². The second-order valence-corrected chi connectivity index (χ2v) is 5.08. The fourth-order valence-corrected chi connectivity index (χ4v) is 2.41. The molecule has 1 aliphatic heterocycles. The topological polar surface area (TPSA) is 76.7 Å². The first kappa shape index (κ1) is 15.9. The molecule has 0 saturated carbocycles. The van der Waals surface area contributed by atoms with Crippen LogP contribution >= 0.6 is 15.9 Å². The van der Waals surface area contributed by atoms with E-state index in [1.54, 1.807) is 18.2 Å². The second kappa shape index (κ2) is 7.00. The van der Waals surface area contributed by atoms with Crippen LogP contribution in [0.5, 0.6) is 11.5 Å². The van der Waals surface area contributed by atoms with Crippen molar-refractivity contribution in [3.63, 3.8) is 0 Å². The van der Waals surface area contributed by atoms with Crippen molar-refractivity contribution in [2.24, 2.45) is 0 Å². The summed E-state index contributed by atoms with van der Waals surface area (Å²) in [4.78, 5) is 22.6. The normalized spacial score (nSPS) is 15.2. The summed E-state index contributed by atoms with van der Waals surface area (Å²) in [6.45, 7) is 2.39. The Balaban J connectivity index is 2.38. The van der Waals surface area contributed by atoms with Crippen LogP contribution in [0.25, 0.3) is 6.08 Å². The number of carbonyl (C=O) groups is 2. The van der Waals surface area contributed by atoms with Crippen LogP contribution in [0, 0.1) is 12.3 Å². The number of halogens is 1. The molecule has 0 radical (unpaired) electrons. The number of benzene rings is 1. The minimum atomic E-state index is -0.547. The Labute approximate surface area is 136 Å². The first-order valence-electron chi connectivity index (χ1n) is 6.41. The lowest BCUT2D eigenvalue weighted by molar-refractivity contribution is -0.115. The van der Waals surface area contributed by atoms with Crippen LogP contribution in [0.15, 0.2) is 22.3 Å². The molecular formula is C15H13BrN2O4. The van der Waals surface area contributed by atoms with Gasteiger partial charge in [0.1, 0.15) is 12.3 Å². The van der Waals surface area contributed by atoms with Gasteiger partial charge in [0, 0.05) is 0 Å². The van der Waals surface area contributed by atoms with Crippen LogP contribution in [0.2, 0.25) is 0 Å². The average molecular weight is 365 g/mol. The second-order valence-electron chi connectivity index (χ2n) is 4.22. The maximum Gasteiger partial charge on any atom is 0.326 e. The number of hydrogen-bond acceptors (Lipinski definition) is 4. The molecule has 2 rings (SSSR count). The Hall–Kier alpha value is -2.46. The Morgan fingerprint density at radius 1 is 1.32 bits per heavy atom. The Morgan fingerprint density at radius 2 is 2.09 bits per heavy atom. The van der Waals surface area contributed by atoms with Gasteiger partial charge < -0.3 is 14.8 Å². The fourth-order valence-electron chi connectivity index (χ4n) is 1.84. The van der Waals surface area contributed by atoms with E-state index in [0.717, 1.165) is 0 Å². The lowest BCUT2D eigenvalue weighted by Gasteiger charge is -2.13. The van der Waals surface area contributed by atoms with E-state index < -0.39 is 11.9 Å². The smallest absolute Gasteiger partial charge is 0.326 e. The third-order valence-corrected chi connectivity index (χ3v) is 3.25. The number of urea groups is 1. The number of amides is 3. The molecule has 6 nitrogen and oxygen atoms in total. The molecule has 2 N–H and O–H groups in total. The van der Waals surface area contributed by atoms with Gasteiger partial charge in [0.2, 0.25) is 0 Å². The van der Waals surface area contributed by atoms with E-state index >= 15 is 0 Å². The van der Waals surface area contributed by atoms with Gasteiger partial charge in [0.05, 0.1) is 11.1 Å². The molecule has 0 bridgehead atoms. The average Bonchev–Trinajstić information content (AvgIpc) is 2.76. The van der Waals surface area contributed by atoms with Gasteiger partial charge in [-0.2, -0.15) is 0 Å². The Bertz CT molecular complexity index is 692. The molecule has 1 saturated heterocycles. The van der Waals surface area contributed by atoms with Gasteiger partial charge in [0.15, 0.2) is 11.5 Å². The highest BCUT2D eigenvalue weighted by Gasteiger charge is 2.23. The third kappa shape index (κ3) is 3.59. The van der Waals surface area contributed by atoms with Crippen LogP contribution in [0.3, 0.4) is 0 Å². The molecule has 7 heteroatoms. The molecule has 1 aromatic carbocycles. The molecule has 22 heavy (non-hydrogen) atoms. The molecule has 1 aliphatic rings. The van der Waals surface area contributed by atoms with Gasteiger partial charge in [-0.15, -0.1) is 6.42 Å². The maximum atomic E-state index is 11.5. The van der Waals surface area contributed by atoms with E-state index in [9.17, 15) is 9.59 Å². The van der Waals surface area contributed by atoms with Gasteiger partial charge in [-0.3, -0.25) is 10.1 Å². The minimum absolute atomic E-state index is 0.109. The summed E-state index contributed by atoms with van der Waals surface area (Å²) in [5.41, 5.74) is 0.826. The summed E-state index contributed by atoms with van der Waals surface area (Å²) in [7, 11) is 0. The van der Waals surface area contributed by atoms with Crippen molar-refractivity contribution in [1.29, 1.82) is 0 Å². The van der Waals surface area contributed by atoms with Gasteiger partial charge >= 0.3 is 6.03 Å². The monoisotopic (exact) mass is 364 g/mol. The first-order chi connectivity index (χ1) is 10.5. The highest BCUT2D eigenvalue weighted by molar-refractivity contribution is 9.10. The number of ether oxygens (including phenoxy) is 2. The van der Waals surface area contributed by atoms with Crippen molar-refractivity contribution >= 4 is 33.9 Å². The van der Waals surface area contributed by atoms with Crippen molar-refractivity contribution in [3.8, 4) is 23.8 Å². The highest BCUT2D eigenvalue weighted by atomic mass is 79.9. The third-order valence-electron chi connectivity index (χ3n) is 2.66. The Kier molecular flexibility index (Phi) is 5.07. The number of nitrogens with one attached hydrogen (secondary N) is 2. The summed E-state index contributed by atoms with van der Waals surface area (Å²) in [6, 6.07) is 2.89. The molecule has 1 fully saturated rings. The molecule has 3 amide bonds. The predicted molar refractivity (Wildman–Crippen MR) is 84.3 cm³/mol. The maximum absolute atomic E-state index is 11.5. The molecule has 0 atom stereocenters. The van der Waals surface area contributed by atoms with Gasteiger partial charge in [-0.1, -0.05) is 5.92 Å². The van der Waals surface area contributed by atoms with E-state index in [1.165, 1.54) is 0 Å². The molecule has 1 heterocycles. The van der Waals surface area contributed by atoms with E-state index in [0.29, 0.717) is 28.1 Å². The van der Waals surface area contributed by atoms with Crippen molar-refractivity contribution in [2.75, 3.05) is 13.2 Å². The summed E-state index contributed by atoms with van der Waals surface area (Å²) in [5, 5.41) is 4.55. The van der Waals surface area contributed by atoms with Crippen molar-refractivity contribution in [2.45, 2.75) is 6.92 Å². The molecule has 0 aromatic heterocycles. The lowest BCUT2D eigenvalue weighted by atomic mass is 10.1. The zero-order chi connectivity index (χ0) is 16.1. The fraction of sp³-hybridized carbons (Fsp3) is 0.200. The molecule has 114 valence electrons. The summed E-state index contributed by atoms with van der Waals surface area (Å²) < 4.78 is 11.6. The van der Waals surface area contributed by atoms with Crippen molar-refractivity contribution in [1.82, 2.24) is 10.6 Å². The Morgan fingerprint density at radius 3 is 2.68 bits per heavy atom. The summed E-state index contributed by atoms with van der Waals surface area (Å²) in [5.74, 6) is 2.88. The summed E-state index contributed by atoms with van der Waals surface area (Å²) in [6.07, 6.45) is 6.73. The zero-order valence-electron chi connectivity index (χ0n) is 11.7. The van der Waals surface area contributed by atoms with Gasteiger partial charge in [-0.05, 0) is 46.6 Å². The molecule has 1 aromatic rings. The molecule has 0 aliphatic carbocycles. The molecule has 0 unspecified atom stereocenters. The number of carbonyl (C=O) groups excluding carboxylic acids is 2. The van der Waals surface area contributed by atoms with E-state index in [-0.39, 0.29) is 12.3 Å². The largest absolute Gasteiger partial charge is 0.490 e. The standard InChI is InChI=1S/C15H13BrN2O4/c1-3-5-22-13-10(16)6-9(8-12(13)21-4-2)7-11-14(19)18-15(20)17-11/h1,6-8H,4-5H2,2H3,(H2,17,18,19,20)/b11-7+. The number of rotatable bonds is 5. The van der Waals surface area contributed by atoms with E-state index in [4.69, 9.17) is 15.9 Å². The van der Waals surface area contributed by atoms with Crippen LogP contribution in [0.4, 0.5) is 4.79 Å². The van der Waals surface area contributed by atoms with Crippen LogP contribution < -0.4 is 20.1 Å². The van der Waals surface area contributed by atoms with Crippen LogP contribution in [-0.2, 0) is 4.79 Å². The highest BCUT2D eigenvalue weighted by Crippen LogP contribution is 2.37. The molecular weight excluding hydrogens is 352 g/mol. The predicted octanol–water partition coefficient (Wildman–Crippen LogP) is 2.04. The van der Waals surface area contributed by atoms with Crippen LogP contribution in [-0.4, -0.2) is 25.2 Å². The van der Waals surface area contributed by atoms with E-state index in [2.05, 4.69) is 32.5 Å². The summed E-state index contributed by atoms with van der Waals surface area (Å²) >= 11 is 3.38. The SMILES string of the molecule is C#CCOc1c(Br)cc(/C=C2/NC(=O)NC2=O)cc1OCC. The van der Waals surface area contributed by atoms with Crippen molar-refractivity contribution in [3.05, 3.63) is 27.9 Å². The van der Waals surface area contributed by atoms with E-state index in [1.807, 2.05) is 6.92 Å². The van der Waals surface area contributed by atoms with Crippen LogP contribution in [0.1, 0.15) is 12.5 Å². The number of imide groups is 1. The quantitative estimate of drug-likeness (QED) is 0.476. The number of terminal acetylenes is 1. The number of hydrogen-bond donors (Lipinski definition) is 2. The molecule has 0 spiro atoms. The van der Waals surface area contributed by atoms with Crippen molar-refractivity contribution < 1.29 is 19.1 Å². The zero-order valence-corrected chi connectivity index (χ0v) is 13.3. The van der Waals surface area contributed by atoms with Gasteiger partial charge in [-0.25, -0.2) is 4.79 Å². The lowest BCUT2D eigenvalue weighted by Crippen LogP contribution is -2.22. The minimum Gasteiger partial charge on any atom is -0.490 e.